The molecule has 0 amide bonds. The Morgan fingerprint density at radius 3 is 2.23 bits per heavy atom. The number of halogens is 1. The summed E-state index contributed by atoms with van der Waals surface area (Å²) in [4.78, 5) is 29.9. The van der Waals surface area contributed by atoms with Gasteiger partial charge in [-0.05, 0) is 49.6 Å². The monoisotopic (exact) mass is 657 g/mol. The zero-order valence-electron chi connectivity index (χ0n) is 27.3. The zero-order valence-corrected chi connectivity index (χ0v) is 28.1. The van der Waals surface area contributed by atoms with Crippen LogP contribution in [0.15, 0.2) is 107 Å². The zero-order chi connectivity index (χ0) is 33.4. The number of allylic oxidation sites excluding steroid dienone is 1. The molecule has 3 aromatic carbocycles. The quantitative estimate of drug-likeness (QED) is 0.172. The number of rotatable bonds is 13. The van der Waals surface area contributed by atoms with Gasteiger partial charge >= 0.3 is 11.9 Å². The molecule has 2 atom stereocenters. The van der Waals surface area contributed by atoms with Gasteiger partial charge in [-0.1, -0.05) is 90.5 Å². The first-order valence-electron chi connectivity index (χ1n) is 16.1. The van der Waals surface area contributed by atoms with Crippen LogP contribution in [-0.2, 0) is 23.8 Å². The number of likely N-dealkylation sites (tertiary alicyclic amines) is 1. The molecule has 3 aromatic rings. The van der Waals surface area contributed by atoms with Gasteiger partial charge in [0, 0.05) is 42.7 Å². The van der Waals surface area contributed by atoms with Crippen LogP contribution < -0.4 is 11.1 Å². The second kappa shape index (κ2) is 15.8. The smallest absolute Gasteiger partial charge is 0.337 e. The maximum atomic E-state index is 14.4. The lowest BCUT2D eigenvalue weighted by Gasteiger charge is -2.34. The first-order chi connectivity index (χ1) is 22.7. The third-order valence-corrected chi connectivity index (χ3v) is 9.33. The van der Waals surface area contributed by atoms with E-state index in [-0.39, 0.29) is 18.1 Å². The van der Waals surface area contributed by atoms with E-state index in [1.54, 1.807) is 13.0 Å². The molecule has 8 nitrogen and oxygen atoms in total. The van der Waals surface area contributed by atoms with Crippen molar-refractivity contribution in [3.05, 3.63) is 129 Å². The van der Waals surface area contributed by atoms with Crippen molar-refractivity contribution in [1.29, 1.82) is 0 Å². The van der Waals surface area contributed by atoms with Gasteiger partial charge in [-0.15, -0.1) is 0 Å². The Morgan fingerprint density at radius 1 is 0.979 bits per heavy atom. The van der Waals surface area contributed by atoms with Gasteiger partial charge in [-0.2, -0.15) is 0 Å². The highest BCUT2D eigenvalue weighted by Gasteiger charge is 2.43. The normalized spacial score (nSPS) is 20.0. The summed E-state index contributed by atoms with van der Waals surface area (Å²) < 4.78 is 17.4. The van der Waals surface area contributed by atoms with Crippen LogP contribution in [-0.4, -0.2) is 68.9 Å². The van der Waals surface area contributed by atoms with E-state index in [2.05, 4.69) is 58.7 Å². The van der Waals surface area contributed by atoms with E-state index < -0.39 is 23.5 Å². The molecule has 47 heavy (non-hydrogen) atoms. The first kappa shape index (κ1) is 34.4. The number of hydrogen-bond donors (Lipinski definition) is 2. The minimum Gasteiger partial charge on any atom is -0.466 e. The maximum absolute atomic E-state index is 14.4. The Morgan fingerprint density at radius 2 is 1.62 bits per heavy atom. The second-order valence-corrected chi connectivity index (χ2v) is 12.8. The molecule has 3 N–H and O–H groups in total. The predicted octanol–water partition coefficient (Wildman–Crippen LogP) is 5.93. The first-order valence-corrected chi connectivity index (χ1v) is 16.5. The highest BCUT2D eigenvalue weighted by Crippen LogP contribution is 2.43. The minimum absolute atomic E-state index is 0.0809. The molecular weight excluding hydrogens is 614 g/mol. The Labute approximate surface area is 282 Å². The topological polar surface area (TPSA) is 103 Å². The fourth-order valence-electron chi connectivity index (χ4n) is 6.70. The summed E-state index contributed by atoms with van der Waals surface area (Å²) in [7, 11) is 1.32. The summed E-state index contributed by atoms with van der Waals surface area (Å²) in [6.45, 7) is 6.69. The molecule has 2 heterocycles. The Kier molecular flexibility index (Phi) is 11.5. The van der Waals surface area contributed by atoms with E-state index in [1.165, 1.54) is 18.2 Å². The number of dihydropyridines is 1. The van der Waals surface area contributed by atoms with Crippen LogP contribution in [0.25, 0.3) is 0 Å². The lowest BCUT2D eigenvalue weighted by Crippen LogP contribution is -2.40. The van der Waals surface area contributed by atoms with Crippen molar-refractivity contribution in [2.24, 2.45) is 5.73 Å². The highest BCUT2D eigenvalue weighted by atomic mass is 35.5. The van der Waals surface area contributed by atoms with Crippen LogP contribution >= 0.6 is 11.6 Å². The van der Waals surface area contributed by atoms with Crippen molar-refractivity contribution in [2.75, 3.05) is 46.5 Å². The average molecular weight is 658 g/mol. The van der Waals surface area contributed by atoms with E-state index in [9.17, 15) is 9.59 Å². The number of esters is 2. The molecule has 9 heteroatoms. The summed E-state index contributed by atoms with van der Waals surface area (Å²) in [6, 6.07) is 28.3. The van der Waals surface area contributed by atoms with E-state index in [1.807, 2.05) is 37.3 Å². The maximum Gasteiger partial charge on any atom is 0.337 e. The number of nitrogens with one attached hydrogen (secondary N) is 1. The summed E-state index contributed by atoms with van der Waals surface area (Å²) in [6.07, 6.45) is 1.60. The number of carbonyl (C=O) groups is 2. The third-order valence-electron chi connectivity index (χ3n) is 8.99. The fraction of sp³-hybridized carbons (Fsp3) is 0.368. The van der Waals surface area contributed by atoms with Crippen LogP contribution in [0.3, 0.4) is 0 Å². The van der Waals surface area contributed by atoms with E-state index in [4.69, 9.17) is 31.5 Å². The van der Waals surface area contributed by atoms with Crippen molar-refractivity contribution < 1.29 is 23.8 Å². The average Bonchev–Trinajstić information content (AvgIpc) is 3.45. The van der Waals surface area contributed by atoms with Crippen molar-refractivity contribution in [2.45, 2.75) is 44.1 Å². The summed E-state index contributed by atoms with van der Waals surface area (Å²) in [5.41, 5.74) is 9.73. The van der Waals surface area contributed by atoms with E-state index in [0.717, 1.165) is 19.5 Å². The van der Waals surface area contributed by atoms with Crippen molar-refractivity contribution >= 4 is 23.5 Å². The van der Waals surface area contributed by atoms with Gasteiger partial charge < -0.3 is 25.3 Å². The number of methoxy groups -OCH3 is 1. The molecule has 2 aliphatic rings. The molecule has 0 aromatic heterocycles. The molecule has 0 saturated carbocycles. The molecule has 0 radical (unpaired) electrons. The number of nitrogens with zero attached hydrogens (tertiary/aromatic N) is 1. The van der Waals surface area contributed by atoms with Crippen LogP contribution in [0, 0.1) is 0 Å². The lowest BCUT2D eigenvalue weighted by molar-refractivity contribution is -0.152. The Balaban J connectivity index is 1.39. The van der Waals surface area contributed by atoms with Gasteiger partial charge in [-0.3, -0.25) is 4.90 Å². The van der Waals surface area contributed by atoms with Gasteiger partial charge in [0.2, 0.25) is 0 Å². The summed E-state index contributed by atoms with van der Waals surface area (Å²) in [5.74, 6) is -1.65. The largest absolute Gasteiger partial charge is 0.466 e. The number of hydrogen-bond acceptors (Lipinski definition) is 8. The lowest BCUT2D eigenvalue weighted by atomic mass is 9.80. The number of ether oxygens (including phenoxy) is 3. The van der Waals surface area contributed by atoms with Gasteiger partial charge in [0.05, 0.1) is 43.1 Å². The predicted molar refractivity (Wildman–Crippen MR) is 184 cm³/mol. The molecule has 0 bridgehead atoms. The van der Waals surface area contributed by atoms with Crippen LogP contribution in [0.2, 0.25) is 5.02 Å². The molecule has 2 aliphatic heterocycles. The molecular formula is C38H44ClN3O5. The van der Waals surface area contributed by atoms with Crippen LogP contribution in [0.1, 0.15) is 55.2 Å². The summed E-state index contributed by atoms with van der Waals surface area (Å²) >= 11 is 6.70. The van der Waals surface area contributed by atoms with Crippen LogP contribution in [0.5, 0.6) is 0 Å². The molecule has 1 fully saturated rings. The number of carbonyl (C=O) groups excluding carboxylic acids is 2. The standard InChI is InChI=1S/C38H44ClN3O5/c1-26-33(36(43)45-3)34(30-16-10-11-17-31(30)39)35(32(41-26)24-46-23-20-40)37(44)47-38(2)19-22-42(25-38)21-18-29(27-12-6-4-7-13-27)28-14-8-5-9-15-28/h4-17,29,34,41H,18-25,40H2,1-3H3/t34-,38+/m0/s1. The van der Waals surface area contributed by atoms with E-state index in [0.29, 0.717) is 53.7 Å². The molecule has 0 unspecified atom stereocenters. The molecule has 248 valence electrons. The third kappa shape index (κ3) is 8.14. The molecule has 0 aliphatic carbocycles. The number of nitrogens with two attached hydrogens (primary N) is 1. The van der Waals surface area contributed by atoms with Gasteiger partial charge in [-0.25, -0.2) is 9.59 Å². The Bertz CT molecular complexity index is 1570. The van der Waals surface area contributed by atoms with E-state index >= 15 is 0 Å². The molecule has 5 rings (SSSR count). The van der Waals surface area contributed by atoms with Gasteiger partial charge in [0.15, 0.2) is 0 Å². The second-order valence-electron chi connectivity index (χ2n) is 12.4. The SMILES string of the molecule is COC(=O)C1=C(C)NC(COCCN)=C(C(=O)O[C@]2(C)CCN(CCC(c3ccccc3)c3ccccc3)C2)[C@H]1c1ccccc1Cl. The summed E-state index contributed by atoms with van der Waals surface area (Å²) in [5, 5.41) is 3.66. The van der Waals surface area contributed by atoms with Crippen molar-refractivity contribution in [3.8, 4) is 0 Å². The minimum atomic E-state index is -0.819. The van der Waals surface area contributed by atoms with Gasteiger partial charge in [0.1, 0.15) is 5.60 Å². The van der Waals surface area contributed by atoms with Crippen molar-refractivity contribution in [3.63, 3.8) is 0 Å². The Hall–Kier alpha value is -3.95. The number of benzene rings is 3. The molecule has 0 spiro atoms. The van der Waals surface area contributed by atoms with Crippen molar-refractivity contribution in [1.82, 2.24) is 10.2 Å². The highest BCUT2D eigenvalue weighted by molar-refractivity contribution is 6.31. The fourth-order valence-corrected chi connectivity index (χ4v) is 6.94. The molecule has 1 saturated heterocycles. The van der Waals surface area contributed by atoms with Gasteiger partial charge in [0.25, 0.3) is 0 Å². The van der Waals surface area contributed by atoms with Crippen LogP contribution in [0.4, 0.5) is 0 Å².